The van der Waals surface area contributed by atoms with Crippen molar-refractivity contribution in [2.75, 3.05) is 26.4 Å². The van der Waals surface area contributed by atoms with Crippen molar-refractivity contribution >= 4 is 11.9 Å². The number of carbonyl (C=O) groups excluding carboxylic acids is 2. The summed E-state index contributed by atoms with van der Waals surface area (Å²) in [5.74, 6) is -1.15. The van der Waals surface area contributed by atoms with Crippen LogP contribution in [0.25, 0.3) is 0 Å². The van der Waals surface area contributed by atoms with Crippen LogP contribution in [0, 0.1) is 0 Å². The lowest BCUT2D eigenvalue weighted by molar-refractivity contribution is -0.144. The van der Waals surface area contributed by atoms with E-state index in [0.717, 1.165) is 12.2 Å². The van der Waals surface area contributed by atoms with Crippen molar-refractivity contribution in [2.24, 2.45) is 0 Å². The summed E-state index contributed by atoms with van der Waals surface area (Å²) < 4.78 is 31.9. The minimum Gasteiger partial charge on any atom is -0.460 e. The summed E-state index contributed by atoms with van der Waals surface area (Å²) in [7, 11) is 0. The van der Waals surface area contributed by atoms with Gasteiger partial charge >= 0.3 is 30.0 Å². The van der Waals surface area contributed by atoms with E-state index < -0.39 is 24.1 Å². The number of rotatable bonds is 15. The van der Waals surface area contributed by atoms with Gasteiger partial charge in [0.05, 0.1) is 6.10 Å². The van der Waals surface area contributed by atoms with E-state index in [1.165, 1.54) is 0 Å². The maximum Gasteiger partial charge on any atom is 0.330 e. The van der Waals surface area contributed by atoms with E-state index in [-0.39, 0.29) is 44.0 Å². The van der Waals surface area contributed by atoms with Gasteiger partial charge in [-0.25, -0.2) is 9.59 Å². The van der Waals surface area contributed by atoms with Crippen LogP contribution < -0.4 is 14.2 Å². The molecule has 0 saturated heterocycles. The zero-order valence-electron chi connectivity index (χ0n) is 18.2. The summed E-state index contributed by atoms with van der Waals surface area (Å²) in [5.41, 5.74) is 0. The Morgan fingerprint density at radius 1 is 0.774 bits per heavy atom. The first-order valence-electron chi connectivity index (χ1n) is 9.69. The Bertz CT molecular complexity index is 693. The summed E-state index contributed by atoms with van der Waals surface area (Å²) in [4.78, 5) is 34.7. The second kappa shape index (κ2) is 13.9. The van der Waals surface area contributed by atoms with Gasteiger partial charge in [0.1, 0.15) is 32.0 Å². The summed E-state index contributed by atoms with van der Waals surface area (Å²) in [6, 6.07) is -0.236. The number of esters is 2. The van der Waals surface area contributed by atoms with Crippen molar-refractivity contribution in [3.63, 3.8) is 0 Å². The third-order valence-electron chi connectivity index (χ3n) is 3.33. The minimum atomic E-state index is -0.577. The van der Waals surface area contributed by atoms with Crippen molar-refractivity contribution in [1.29, 1.82) is 0 Å². The normalized spacial score (nSPS) is 13.3. The highest BCUT2D eigenvalue weighted by molar-refractivity contribution is 5.81. The molecule has 0 aromatic carbocycles. The van der Waals surface area contributed by atoms with Crippen LogP contribution in [0.1, 0.15) is 27.7 Å². The molecule has 11 heteroatoms. The van der Waals surface area contributed by atoms with Crippen LogP contribution in [0.5, 0.6) is 18.0 Å². The van der Waals surface area contributed by atoms with Gasteiger partial charge in [-0.1, -0.05) is 13.2 Å². The second-order valence-electron chi connectivity index (χ2n) is 6.29. The highest BCUT2D eigenvalue weighted by atomic mass is 16.6. The average Bonchev–Trinajstić information content (AvgIpc) is 2.74. The van der Waals surface area contributed by atoms with Gasteiger partial charge in [-0.05, 0) is 27.7 Å². The van der Waals surface area contributed by atoms with Crippen molar-refractivity contribution < 1.29 is 38.0 Å². The fraction of sp³-hybridized carbons (Fsp3) is 0.550. The Kier molecular flexibility index (Phi) is 11.6. The van der Waals surface area contributed by atoms with Gasteiger partial charge in [-0.15, -0.1) is 15.0 Å². The SMILES string of the molecule is C=CC(=O)OC(C)COc1nc(OCC(C)OCC)nc(OCC(C)OC(=O)C=C)n1. The topological polar surface area (TPSA) is 128 Å². The summed E-state index contributed by atoms with van der Waals surface area (Å²) in [5, 5.41) is 0. The van der Waals surface area contributed by atoms with Crippen LogP contribution in [-0.2, 0) is 23.8 Å². The van der Waals surface area contributed by atoms with Crippen LogP contribution in [0.4, 0.5) is 0 Å². The maximum absolute atomic E-state index is 11.3. The van der Waals surface area contributed by atoms with Crippen molar-refractivity contribution in [3.8, 4) is 18.0 Å². The number of ether oxygens (including phenoxy) is 6. The molecule has 11 nitrogen and oxygen atoms in total. The first kappa shape index (κ1) is 25.8. The molecule has 0 saturated carbocycles. The predicted molar refractivity (Wildman–Crippen MR) is 109 cm³/mol. The van der Waals surface area contributed by atoms with Crippen molar-refractivity contribution in [1.82, 2.24) is 15.0 Å². The molecule has 0 amide bonds. The maximum atomic E-state index is 11.3. The molecule has 1 rings (SSSR count). The zero-order chi connectivity index (χ0) is 23.2. The number of nitrogens with zero attached hydrogens (tertiary/aromatic N) is 3. The lowest BCUT2D eigenvalue weighted by atomic mass is 10.4. The van der Waals surface area contributed by atoms with Gasteiger partial charge in [-0.3, -0.25) is 0 Å². The monoisotopic (exact) mass is 439 g/mol. The third-order valence-corrected chi connectivity index (χ3v) is 3.33. The van der Waals surface area contributed by atoms with E-state index >= 15 is 0 Å². The van der Waals surface area contributed by atoms with Gasteiger partial charge < -0.3 is 28.4 Å². The first-order valence-corrected chi connectivity index (χ1v) is 9.69. The summed E-state index contributed by atoms with van der Waals surface area (Å²) in [6.45, 7) is 14.3. The largest absolute Gasteiger partial charge is 0.460 e. The van der Waals surface area contributed by atoms with E-state index in [4.69, 9.17) is 28.4 Å². The van der Waals surface area contributed by atoms with Gasteiger partial charge in [0, 0.05) is 18.8 Å². The Labute approximate surface area is 181 Å². The number of hydrogen-bond acceptors (Lipinski definition) is 11. The van der Waals surface area contributed by atoms with Crippen LogP contribution >= 0.6 is 0 Å². The Hall–Kier alpha value is -3.21. The minimum absolute atomic E-state index is 0.0226. The number of aromatic nitrogens is 3. The predicted octanol–water partition coefficient (Wildman–Crippen LogP) is 1.67. The van der Waals surface area contributed by atoms with Crippen molar-refractivity contribution in [3.05, 3.63) is 25.3 Å². The molecule has 0 radical (unpaired) electrons. The average molecular weight is 439 g/mol. The first-order chi connectivity index (χ1) is 14.8. The number of carbonyl (C=O) groups is 2. The van der Waals surface area contributed by atoms with Crippen LogP contribution in [0.15, 0.2) is 25.3 Å². The fourth-order valence-electron chi connectivity index (χ4n) is 1.98. The fourth-order valence-corrected chi connectivity index (χ4v) is 1.98. The molecule has 3 unspecified atom stereocenters. The zero-order valence-corrected chi connectivity index (χ0v) is 18.2. The molecule has 0 fully saturated rings. The van der Waals surface area contributed by atoms with Crippen LogP contribution in [-0.4, -0.2) is 71.6 Å². The molecule has 1 aromatic rings. The molecule has 1 heterocycles. The Balaban J connectivity index is 2.83. The van der Waals surface area contributed by atoms with Crippen molar-refractivity contribution in [2.45, 2.75) is 46.0 Å². The Morgan fingerprint density at radius 2 is 1.13 bits per heavy atom. The third kappa shape index (κ3) is 10.9. The van der Waals surface area contributed by atoms with Gasteiger partial charge in [0.2, 0.25) is 0 Å². The summed E-state index contributed by atoms with van der Waals surface area (Å²) >= 11 is 0. The van der Waals surface area contributed by atoms with Gasteiger partial charge in [0.15, 0.2) is 0 Å². The highest BCUT2D eigenvalue weighted by Crippen LogP contribution is 2.16. The molecule has 172 valence electrons. The quantitative estimate of drug-likeness (QED) is 0.292. The smallest absolute Gasteiger partial charge is 0.330 e. The van der Waals surface area contributed by atoms with Gasteiger partial charge in [-0.2, -0.15) is 0 Å². The van der Waals surface area contributed by atoms with E-state index in [1.807, 2.05) is 13.8 Å². The molecule has 31 heavy (non-hydrogen) atoms. The molecule has 0 N–H and O–H groups in total. The molecule has 0 spiro atoms. The van der Waals surface area contributed by atoms with E-state index in [1.54, 1.807) is 13.8 Å². The molecule has 0 aliphatic rings. The summed E-state index contributed by atoms with van der Waals surface area (Å²) in [6.07, 6.45) is 0.765. The number of hydrogen-bond donors (Lipinski definition) is 0. The standard InChI is InChI=1S/C20H29N3O8/c1-7-16(24)30-14(5)11-28-19-21-18(27-10-13(4)26-9-3)22-20(23-19)29-12-15(6)31-17(25)8-2/h7-8,13-15H,1-2,9-12H2,3-6H3. The molecular weight excluding hydrogens is 410 g/mol. The lowest BCUT2D eigenvalue weighted by Gasteiger charge is -2.15. The molecular formula is C20H29N3O8. The molecule has 3 atom stereocenters. The van der Waals surface area contributed by atoms with E-state index in [2.05, 4.69) is 28.1 Å². The molecule has 0 bridgehead atoms. The molecule has 0 aliphatic heterocycles. The van der Waals surface area contributed by atoms with E-state index in [0.29, 0.717) is 6.61 Å². The lowest BCUT2D eigenvalue weighted by Crippen LogP contribution is -2.23. The van der Waals surface area contributed by atoms with Crippen LogP contribution in [0.3, 0.4) is 0 Å². The van der Waals surface area contributed by atoms with E-state index in [9.17, 15) is 9.59 Å². The molecule has 0 aliphatic carbocycles. The van der Waals surface area contributed by atoms with Crippen LogP contribution in [0.2, 0.25) is 0 Å². The van der Waals surface area contributed by atoms with Gasteiger partial charge in [0.25, 0.3) is 0 Å². The molecule has 1 aromatic heterocycles. The highest BCUT2D eigenvalue weighted by Gasteiger charge is 2.16. The Morgan fingerprint density at radius 3 is 1.45 bits per heavy atom. The second-order valence-corrected chi connectivity index (χ2v) is 6.29.